The number of carboxylic acid groups (broad SMARTS) is 5. The molecular formula is C82H109Na5O14. The minimum Gasteiger partial charge on any atom is -0.550 e. The van der Waals surface area contributed by atoms with E-state index in [0.717, 1.165) is 141 Å². The van der Waals surface area contributed by atoms with E-state index in [1.807, 2.05) is 91.9 Å². The number of carbonyl (C=O) groups is 6. The van der Waals surface area contributed by atoms with Gasteiger partial charge < -0.3 is 64.8 Å². The smallest absolute Gasteiger partial charge is 0.550 e. The van der Waals surface area contributed by atoms with Crippen molar-refractivity contribution in [3.8, 4) is 17.2 Å². The van der Waals surface area contributed by atoms with Crippen LogP contribution >= 0.6 is 0 Å². The monoisotopic (exact) mass is 1430 g/mol. The summed E-state index contributed by atoms with van der Waals surface area (Å²) in [5.74, 6) is -4.83. The number of aromatic carboxylic acids is 1. The zero-order valence-electron chi connectivity index (χ0n) is 62.6. The van der Waals surface area contributed by atoms with E-state index in [2.05, 4.69) is 46.8 Å². The molecule has 0 radical (unpaired) electrons. The fourth-order valence-corrected chi connectivity index (χ4v) is 9.96. The number of aromatic hydroxyl groups is 3. The van der Waals surface area contributed by atoms with Crippen molar-refractivity contribution in [2.45, 2.75) is 236 Å². The Morgan fingerprint density at radius 1 is 0.366 bits per heavy atom. The molecule has 526 valence electrons. The van der Waals surface area contributed by atoms with Crippen molar-refractivity contribution in [3.63, 3.8) is 0 Å². The summed E-state index contributed by atoms with van der Waals surface area (Å²) >= 11 is 0. The van der Waals surface area contributed by atoms with Gasteiger partial charge in [-0.2, -0.15) is 0 Å². The summed E-state index contributed by atoms with van der Waals surface area (Å²) in [6.45, 7) is 14.4. The number of rotatable bonds is 36. The van der Waals surface area contributed by atoms with Crippen LogP contribution < -0.4 is 173 Å². The van der Waals surface area contributed by atoms with Gasteiger partial charge in [-0.3, -0.25) is 4.79 Å². The third kappa shape index (κ3) is 56.3. The summed E-state index contributed by atoms with van der Waals surface area (Å²) in [7, 11) is 0. The molecule has 3 N–H and O–H groups in total. The molecular weight excluding hydrogens is 1320 g/mol. The van der Waals surface area contributed by atoms with Gasteiger partial charge in [0.2, 0.25) is 0 Å². The summed E-state index contributed by atoms with van der Waals surface area (Å²) in [6.07, 6.45) is 33.5. The molecule has 0 spiro atoms. The van der Waals surface area contributed by atoms with Crippen molar-refractivity contribution in [2.75, 3.05) is 0 Å². The zero-order valence-corrected chi connectivity index (χ0v) is 72.6. The maximum Gasteiger partial charge on any atom is 1.00 e. The van der Waals surface area contributed by atoms with E-state index in [-0.39, 0.29) is 204 Å². The summed E-state index contributed by atoms with van der Waals surface area (Å²) in [5.41, 5.74) is 9.95. The van der Waals surface area contributed by atoms with Crippen LogP contribution in [0.25, 0.3) is 6.08 Å². The fraction of sp³-hybridized carbons (Fsp3) is 0.439. The van der Waals surface area contributed by atoms with E-state index in [9.17, 15) is 69.6 Å². The number of hydrogen-bond acceptors (Lipinski definition) is 14. The van der Waals surface area contributed by atoms with Gasteiger partial charge in [-0.1, -0.05) is 253 Å². The van der Waals surface area contributed by atoms with E-state index in [0.29, 0.717) is 23.3 Å². The number of allylic oxidation sites excluding steroid dienone is 3. The van der Waals surface area contributed by atoms with Crippen molar-refractivity contribution in [1.29, 1.82) is 0 Å². The van der Waals surface area contributed by atoms with Crippen LogP contribution in [0.15, 0.2) is 146 Å². The minimum absolute atomic E-state index is 0. The largest absolute Gasteiger partial charge is 1.00 e. The van der Waals surface area contributed by atoms with E-state index in [1.165, 1.54) is 56.9 Å². The molecule has 0 aliphatic rings. The van der Waals surface area contributed by atoms with E-state index < -0.39 is 29.8 Å². The molecule has 0 saturated carbocycles. The number of hydrogen-bond donors (Lipinski definition) is 3. The second-order valence-electron chi connectivity index (χ2n) is 23.7. The Morgan fingerprint density at radius 2 is 0.772 bits per heavy atom. The van der Waals surface area contributed by atoms with Crippen molar-refractivity contribution in [2.24, 2.45) is 0 Å². The second kappa shape index (κ2) is 69.3. The van der Waals surface area contributed by atoms with Gasteiger partial charge in [0.25, 0.3) is 0 Å². The molecule has 6 rings (SSSR count). The normalized spacial score (nSPS) is 9.85. The Bertz CT molecular complexity index is 3240. The van der Waals surface area contributed by atoms with Gasteiger partial charge >= 0.3 is 148 Å². The number of ketones is 1. The second-order valence-corrected chi connectivity index (χ2v) is 23.7. The molecule has 6 aromatic carbocycles. The number of carboxylic acids is 5. The van der Waals surface area contributed by atoms with E-state index >= 15 is 0 Å². The van der Waals surface area contributed by atoms with E-state index in [1.54, 1.807) is 61.5 Å². The van der Waals surface area contributed by atoms with Crippen LogP contribution in [0.2, 0.25) is 0 Å². The van der Waals surface area contributed by atoms with Gasteiger partial charge in [0.15, 0.2) is 0 Å². The molecule has 0 fully saturated rings. The molecule has 0 atom stereocenters. The van der Waals surface area contributed by atoms with Crippen LogP contribution in [0.4, 0.5) is 0 Å². The Labute approximate surface area is 716 Å². The Kier molecular flexibility index (Phi) is 74.2. The molecule has 0 aliphatic heterocycles. The number of para-hydroxylation sites is 1. The summed E-state index contributed by atoms with van der Waals surface area (Å²) < 4.78 is 0. The summed E-state index contributed by atoms with van der Waals surface area (Å²) in [5, 5.41) is 81.5. The Morgan fingerprint density at radius 3 is 1.31 bits per heavy atom. The number of carbonyl (C=O) groups excluding carboxylic acids is 6. The van der Waals surface area contributed by atoms with Gasteiger partial charge in [-0.15, -0.1) is 0 Å². The van der Waals surface area contributed by atoms with Crippen LogP contribution in [-0.2, 0) is 88.2 Å². The van der Waals surface area contributed by atoms with Crippen LogP contribution in [0.5, 0.6) is 17.2 Å². The SMILES string of the molecule is C.C/C=C\CCc1cccc(CC(=O)[O-])c1.CCCC/C=C/c1cccc(CC(=O)[O-])c1.CCCCCCc1cc(CC(C)=O)ccc1O.CCCCCCc1cccc(C(=O)[O-])c1.CCCCCc1ccc(O)c(CC(=O)[O-])c1.CCCCCc1cccc(CC(=O)[O-])c1O.[Na+].[Na+].[Na+].[Na+].[Na+]. The molecule has 6 aromatic rings. The molecule has 0 heterocycles. The van der Waals surface area contributed by atoms with Gasteiger partial charge in [-0.25, -0.2) is 0 Å². The third-order valence-corrected chi connectivity index (χ3v) is 15.0. The van der Waals surface area contributed by atoms with Crippen molar-refractivity contribution >= 4 is 41.7 Å². The molecule has 0 amide bonds. The van der Waals surface area contributed by atoms with Crippen molar-refractivity contribution < 1.29 is 217 Å². The predicted octanol–water partition coefficient (Wildman–Crippen LogP) is -2.02. The quantitative estimate of drug-likeness (QED) is 0.0218. The van der Waals surface area contributed by atoms with Gasteiger partial charge in [0.05, 0.1) is 5.97 Å². The van der Waals surface area contributed by atoms with Crippen LogP contribution in [-0.4, -0.2) is 50.9 Å². The Hall–Kier alpha value is -3.78. The maximum atomic E-state index is 11.0. The summed E-state index contributed by atoms with van der Waals surface area (Å²) in [4.78, 5) is 63.5. The number of phenolic OH excluding ortho intramolecular Hbond substituents is 3. The first-order valence-corrected chi connectivity index (χ1v) is 34.0. The van der Waals surface area contributed by atoms with Crippen molar-refractivity contribution in [3.05, 3.63) is 212 Å². The molecule has 0 aliphatic carbocycles. The number of phenols is 3. The molecule has 19 heteroatoms. The number of aryl methyl sites for hydroxylation is 5. The summed E-state index contributed by atoms with van der Waals surface area (Å²) in [6, 6.07) is 38.1. The number of unbranched alkanes of at least 4 members (excludes halogenated alkanes) is 12. The zero-order chi connectivity index (χ0) is 70.6. The molecule has 0 aromatic heterocycles. The number of Topliss-reactive ketones (excluding diaryl/α,β-unsaturated/α-hetero) is 1. The average Bonchev–Trinajstić information content (AvgIpc) is 0.887. The first kappa shape index (κ1) is 108. The minimum atomic E-state index is -1.17. The molecule has 0 unspecified atom stereocenters. The molecule has 14 nitrogen and oxygen atoms in total. The van der Waals surface area contributed by atoms with Gasteiger partial charge in [-0.05, 0) is 169 Å². The standard InChI is InChI=1S/C15H22O2.C14H18O2.2C13H18O3.C13H16O2.C13H18O2.CH4.5Na/c1-3-4-5-6-7-14-11-13(10-12(2)16)8-9-15(14)17;1-2-3-4-5-7-12-8-6-9-13(10-12)11-14(15)16;1-2-3-4-6-10-7-5-8-11(13(10)16)9-12(14)15;1-2-3-4-5-10-6-7-12(14)11(8-10)9-13(15)16;1-2-3-4-6-11-7-5-8-12(9-11)10-13(14)15;1-2-3-4-5-7-11-8-6-9-12(10-11)13(14)15;;;;;;/h8-9,11,17H,3-7,10H2,1-2H3;5-10H,2-4,11H2,1H3,(H,15,16);5,7-8,16H,2-4,6,9H2,1H3,(H,14,15);6-8,14H,2-5,9H2,1H3,(H,15,16);2-3,5,7-9H,4,6,10H2,1H3,(H,14,15);6,8-10H,2-5,7H2,1H3,(H,14,15);1H4;;;;;/q;;;;;;;5*+1/p-5/b;7-5+;;;3-2-;;;;;;;. The van der Waals surface area contributed by atoms with Gasteiger partial charge in [0, 0.05) is 56.0 Å². The average molecular weight is 1430 g/mol. The van der Waals surface area contributed by atoms with Crippen LogP contribution in [0.1, 0.15) is 243 Å². The van der Waals surface area contributed by atoms with Crippen LogP contribution in [0, 0.1) is 0 Å². The molecule has 0 bridgehead atoms. The first-order chi connectivity index (χ1) is 45.6. The number of aliphatic carboxylic acids is 4. The Balaban J connectivity index is -0.000000265. The molecule has 101 heavy (non-hydrogen) atoms. The molecule has 0 saturated heterocycles. The first-order valence-electron chi connectivity index (χ1n) is 34.0. The maximum absolute atomic E-state index is 11.0. The van der Waals surface area contributed by atoms with Gasteiger partial charge in [0.1, 0.15) is 23.0 Å². The topological polar surface area (TPSA) is 278 Å². The number of benzene rings is 6. The fourth-order valence-electron chi connectivity index (χ4n) is 9.96. The van der Waals surface area contributed by atoms with Crippen molar-refractivity contribution in [1.82, 2.24) is 0 Å². The predicted molar refractivity (Wildman–Crippen MR) is 378 cm³/mol. The third-order valence-electron chi connectivity index (χ3n) is 15.0. The van der Waals surface area contributed by atoms with Crippen LogP contribution in [0.3, 0.4) is 0 Å². The van der Waals surface area contributed by atoms with E-state index in [4.69, 9.17) is 0 Å².